The molecule has 0 spiro atoms. The molecule has 0 saturated heterocycles. The summed E-state index contributed by atoms with van der Waals surface area (Å²) in [5.41, 5.74) is 7.08. The predicted molar refractivity (Wildman–Crippen MR) is 112 cm³/mol. The molecule has 2 aromatic heterocycles. The molecule has 3 N–H and O–H groups in total. The molecule has 1 saturated carbocycles. The molecule has 0 radical (unpaired) electrons. The highest BCUT2D eigenvalue weighted by Crippen LogP contribution is 2.40. The molecular weight excluding hydrogens is 428 g/mol. The number of benzene rings is 1. The number of nitrogens with one attached hydrogen (secondary N) is 1. The van der Waals surface area contributed by atoms with Crippen molar-refractivity contribution in [2.24, 2.45) is 11.7 Å². The normalized spacial score (nSPS) is 17.7. The molecule has 1 aromatic carbocycles. The quantitative estimate of drug-likeness (QED) is 0.612. The second kappa shape index (κ2) is 7.88. The van der Waals surface area contributed by atoms with Gasteiger partial charge >= 0.3 is 0 Å². The van der Waals surface area contributed by atoms with Gasteiger partial charge < -0.3 is 11.1 Å². The summed E-state index contributed by atoms with van der Waals surface area (Å²) in [6.45, 7) is 2.01. The number of primary amides is 1. The van der Waals surface area contributed by atoms with E-state index in [1.54, 1.807) is 12.1 Å². The second-order valence-corrected chi connectivity index (χ2v) is 8.24. The van der Waals surface area contributed by atoms with E-state index in [2.05, 4.69) is 15.4 Å². The van der Waals surface area contributed by atoms with Gasteiger partial charge in [0.15, 0.2) is 0 Å². The molecule has 3 aromatic rings. The number of pyridine rings is 1. The van der Waals surface area contributed by atoms with Crippen molar-refractivity contribution in [3.8, 4) is 0 Å². The van der Waals surface area contributed by atoms with Crippen molar-refractivity contribution in [1.29, 1.82) is 0 Å². The number of amides is 2. The van der Waals surface area contributed by atoms with E-state index in [0.29, 0.717) is 28.0 Å². The average molecular weight is 448 g/mol. The first kappa shape index (κ1) is 21.2. The first-order chi connectivity index (χ1) is 14.6. The first-order valence-corrected chi connectivity index (χ1v) is 10.1. The van der Waals surface area contributed by atoms with Gasteiger partial charge in [-0.15, -0.1) is 0 Å². The van der Waals surface area contributed by atoms with E-state index in [9.17, 15) is 18.4 Å². The van der Waals surface area contributed by atoms with E-state index in [4.69, 9.17) is 17.3 Å². The Hall–Kier alpha value is -3.07. The van der Waals surface area contributed by atoms with Crippen molar-refractivity contribution in [2.75, 3.05) is 5.32 Å². The average Bonchev–Trinajstić information content (AvgIpc) is 3.25. The summed E-state index contributed by atoms with van der Waals surface area (Å²) in [7, 11) is 0. The number of rotatable bonds is 5. The van der Waals surface area contributed by atoms with Gasteiger partial charge in [0.05, 0.1) is 15.9 Å². The third-order valence-corrected chi connectivity index (χ3v) is 5.78. The minimum atomic E-state index is -2.70. The molecule has 1 fully saturated rings. The highest BCUT2D eigenvalue weighted by atomic mass is 35.5. The number of carbonyl (C=O) groups excluding carboxylic acids is 2. The van der Waals surface area contributed by atoms with E-state index >= 15 is 0 Å². The van der Waals surface area contributed by atoms with Crippen molar-refractivity contribution in [3.05, 3.63) is 52.4 Å². The number of alkyl halides is 2. The van der Waals surface area contributed by atoms with Crippen LogP contribution in [0.5, 0.6) is 0 Å². The summed E-state index contributed by atoms with van der Waals surface area (Å²) < 4.78 is 28.9. The number of aryl methyl sites for hydroxylation is 1. The summed E-state index contributed by atoms with van der Waals surface area (Å²) in [6, 6.07) is 6.32. The topological polar surface area (TPSA) is 103 Å². The van der Waals surface area contributed by atoms with Gasteiger partial charge in [-0.05, 0) is 43.0 Å². The van der Waals surface area contributed by atoms with Crippen molar-refractivity contribution >= 4 is 40.0 Å². The van der Waals surface area contributed by atoms with Crippen LogP contribution < -0.4 is 11.1 Å². The predicted octanol–water partition coefficient (Wildman–Crippen LogP) is 4.18. The lowest BCUT2D eigenvalue weighted by atomic mass is 10.1. The number of fused-ring (bicyclic) bond motifs is 1. The Kier molecular flexibility index (Phi) is 5.38. The van der Waals surface area contributed by atoms with Crippen LogP contribution in [0.25, 0.3) is 10.9 Å². The molecule has 0 aliphatic heterocycles. The van der Waals surface area contributed by atoms with Crippen LogP contribution in [0.1, 0.15) is 45.8 Å². The molecule has 1 unspecified atom stereocenters. The highest BCUT2D eigenvalue weighted by molar-refractivity contribution is 6.37. The van der Waals surface area contributed by atoms with Gasteiger partial charge in [0.25, 0.3) is 11.8 Å². The van der Waals surface area contributed by atoms with E-state index in [1.165, 1.54) is 23.0 Å². The van der Waals surface area contributed by atoms with Crippen molar-refractivity contribution in [2.45, 2.75) is 38.7 Å². The van der Waals surface area contributed by atoms with Gasteiger partial charge in [-0.2, -0.15) is 5.10 Å². The van der Waals surface area contributed by atoms with Crippen LogP contribution in [0.2, 0.25) is 5.02 Å². The van der Waals surface area contributed by atoms with E-state index < -0.39 is 17.7 Å². The van der Waals surface area contributed by atoms with Gasteiger partial charge in [0.2, 0.25) is 5.92 Å². The largest absolute Gasteiger partial charge is 0.364 e. The van der Waals surface area contributed by atoms with Crippen LogP contribution in [-0.2, 0) is 6.54 Å². The maximum Gasteiger partial charge on any atom is 0.274 e. The Morgan fingerprint density at radius 3 is 2.81 bits per heavy atom. The highest BCUT2D eigenvalue weighted by Gasteiger charge is 2.40. The van der Waals surface area contributed by atoms with Crippen LogP contribution in [0.3, 0.4) is 0 Å². The van der Waals surface area contributed by atoms with Crippen LogP contribution in [-0.4, -0.2) is 32.5 Å². The smallest absolute Gasteiger partial charge is 0.274 e. The van der Waals surface area contributed by atoms with Crippen LogP contribution >= 0.6 is 11.6 Å². The Bertz CT molecular complexity index is 1190. The number of nitrogens with two attached hydrogens (primary N) is 1. The molecule has 0 bridgehead atoms. The zero-order chi connectivity index (χ0) is 22.3. The number of hydrogen-bond acceptors (Lipinski definition) is 4. The number of carbonyl (C=O) groups is 2. The molecular formula is C21H20ClF2N5O2. The molecule has 7 nitrogen and oxygen atoms in total. The zero-order valence-corrected chi connectivity index (χ0v) is 17.4. The van der Waals surface area contributed by atoms with E-state index in [-0.39, 0.29) is 36.7 Å². The maximum absolute atomic E-state index is 13.7. The van der Waals surface area contributed by atoms with Crippen LogP contribution in [0.15, 0.2) is 30.5 Å². The van der Waals surface area contributed by atoms with Crippen molar-refractivity contribution in [1.82, 2.24) is 14.8 Å². The molecule has 1 aliphatic rings. The Morgan fingerprint density at radius 1 is 1.35 bits per heavy atom. The first-order valence-electron chi connectivity index (χ1n) is 9.75. The summed E-state index contributed by atoms with van der Waals surface area (Å²) >= 11 is 6.40. The van der Waals surface area contributed by atoms with Gasteiger partial charge in [-0.25, -0.2) is 8.78 Å². The van der Waals surface area contributed by atoms with Crippen molar-refractivity contribution < 1.29 is 18.4 Å². The lowest BCUT2D eigenvalue weighted by Crippen LogP contribution is -2.21. The van der Waals surface area contributed by atoms with Gasteiger partial charge in [-0.1, -0.05) is 17.7 Å². The Labute approximate surface area is 181 Å². The second-order valence-electron chi connectivity index (χ2n) is 7.83. The summed E-state index contributed by atoms with van der Waals surface area (Å²) in [6.07, 6.45) is 1.28. The lowest BCUT2D eigenvalue weighted by Gasteiger charge is -2.14. The van der Waals surface area contributed by atoms with Gasteiger partial charge in [0, 0.05) is 31.3 Å². The molecule has 31 heavy (non-hydrogen) atoms. The third kappa shape index (κ3) is 4.23. The monoisotopic (exact) mass is 447 g/mol. The minimum Gasteiger partial charge on any atom is -0.364 e. The molecule has 10 heteroatoms. The Balaban J connectivity index is 1.74. The molecule has 2 amide bonds. The SMILES string of the molecule is Cc1ccc(Cl)c2c(C(=O)Nc3ccnc(C(N)=O)c3)n(CC3CCC(F)(F)C3)nc12. The molecule has 4 rings (SSSR count). The molecule has 162 valence electrons. The summed E-state index contributed by atoms with van der Waals surface area (Å²) in [5.74, 6) is -4.26. The number of halogens is 3. The Morgan fingerprint density at radius 2 is 2.13 bits per heavy atom. The van der Waals surface area contributed by atoms with Crippen molar-refractivity contribution in [3.63, 3.8) is 0 Å². The fourth-order valence-electron chi connectivity index (χ4n) is 3.96. The van der Waals surface area contributed by atoms with Gasteiger partial charge in [-0.3, -0.25) is 19.3 Å². The fourth-order valence-corrected chi connectivity index (χ4v) is 4.20. The van der Waals surface area contributed by atoms with E-state index in [0.717, 1.165) is 5.56 Å². The number of nitrogens with zero attached hydrogens (tertiary/aromatic N) is 3. The maximum atomic E-state index is 13.7. The van der Waals surface area contributed by atoms with Gasteiger partial charge in [0.1, 0.15) is 11.4 Å². The molecule has 2 heterocycles. The number of anilines is 1. The number of aromatic nitrogens is 3. The zero-order valence-electron chi connectivity index (χ0n) is 16.7. The van der Waals surface area contributed by atoms with Crippen LogP contribution in [0.4, 0.5) is 14.5 Å². The van der Waals surface area contributed by atoms with Crippen LogP contribution in [0, 0.1) is 12.8 Å². The van der Waals surface area contributed by atoms with E-state index in [1.807, 2.05) is 6.92 Å². The lowest BCUT2D eigenvalue weighted by molar-refractivity contribution is 0.00422. The molecule has 1 atom stereocenters. The third-order valence-electron chi connectivity index (χ3n) is 5.47. The summed E-state index contributed by atoms with van der Waals surface area (Å²) in [4.78, 5) is 28.5. The standard InChI is InChI=1S/C21H20ClF2N5O2/c1-11-2-3-14(22)16-17(11)28-29(10-12-4-6-21(23,24)9-12)18(16)20(31)27-13-5-7-26-15(8-13)19(25)30/h2-3,5,7-8,12H,4,6,9-10H2,1H3,(H2,25,30)(H,26,27,31). The minimum absolute atomic E-state index is 0.00164. The fraction of sp³-hybridized carbons (Fsp3) is 0.333. The number of hydrogen-bond donors (Lipinski definition) is 2. The summed E-state index contributed by atoms with van der Waals surface area (Å²) in [5, 5.41) is 8.02. The molecule has 1 aliphatic carbocycles.